The van der Waals surface area contributed by atoms with E-state index in [0.717, 1.165) is 0 Å². The van der Waals surface area contributed by atoms with Gasteiger partial charge in [-0.15, -0.1) is 0 Å². The number of nitrogens with one attached hydrogen (secondary N) is 1. The van der Waals surface area contributed by atoms with Crippen molar-refractivity contribution in [2.75, 3.05) is 7.05 Å². The van der Waals surface area contributed by atoms with Gasteiger partial charge in [0.05, 0.1) is 12.3 Å². The number of ketones is 1. The number of rotatable bonds is 3. The first-order valence-corrected chi connectivity index (χ1v) is 5.01. The Labute approximate surface area is 92.2 Å². The third-order valence-corrected chi connectivity index (χ3v) is 2.62. The molecule has 1 atom stereocenters. The Kier molecular flexibility index (Phi) is 2.75. The van der Waals surface area contributed by atoms with Crippen molar-refractivity contribution < 1.29 is 13.6 Å². The lowest BCUT2D eigenvalue weighted by molar-refractivity contribution is 0.0955. The molecule has 0 fully saturated rings. The molecule has 2 aromatic rings. The van der Waals surface area contributed by atoms with Gasteiger partial charge in [-0.25, -0.2) is 4.39 Å². The van der Waals surface area contributed by atoms with E-state index in [-0.39, 0.29) is 17.4 Å². The topological polar surface area (TPSA) is 42.2 Å². The molecule has 0 aliphatic rings. The molecular formula is C12H12FNO2. The van der Waals surface area contributed by atoms with Crippen LogP contribution in [0.3, 0.4) is 0 Å². The van der Waals surface area contributed by atoms with Gasteiger partial charge in [0.25, 0.3) is 0 Å². The molecule has 0 bridgehead atoms. The molecule has 1 aromatic heterocycles. The molecular weight excluding hydrogens is 209 g/mol. The summed E-state index contributed by atoms with van der Waals surface area (Å²) in [6.07, 6.45) is 1.41. The summed E-state index contributed by atoms with van der Waals surface area (Å²) in [5, 5.41) is 3.43. The van der Waals surface area contributed by atoms with E-state index in [2.05, 4.69) is 5.32 Å². The molecule has 84 valence electrons. The standard InChI is InChI=1S/C12H12FNO2/c1-7(14-2)11(15)9-5-8-3-4-16-12(8)10(13)6-9/h3-7,14H,1-2H3/t7-/m1/s1. The van der Waals surface area contributed by atoms with Gasteiger partial charge in [0.2, 0.25) is 0 Å². The highest BCUT2D eigenvalue weighted by molar-refractivity contribution is 6.02. The number of hydrogen-bond acceptors (Lipinski definition) is 3. The molecule has 16 heavy (non-hydrogen) atoms. The average Bonchev–Trinajstić information content (AvgIpc) is 2.75. The molecule has 0 saturated carbocycles. The van der Waals surface area contributed by atoms with Crippen LogP contribution in [0.4, 0.5) is 4.39 Å². The fourth-order valence-electron chi connectivity index (χ4n) is 1.56. The molecule has 0 unspecified atom stereocenters. The van der Waals surface area contributed by atoms with Crippen molar-refractivity contribution in [2.45, 2.75) is 13.0 Å². The lowest BCUT2D eigenvalue weighted by Crippen LogP contribution is -2.30. The lowest BCUT2D eigenvalue weighted by Gasteiger charge is -2.08. The number of carbonyl (C=O) groups is 1. The minimum Gasteiger partial charge on any atom is -0.461 e. The van der Waals surface area contributed by atoms with Crippen molar-refractivity contribution in [3.05, 3.63) is 35.8 Å². The van der Waals surface area contributed by atoms with Crippen LogP contribution in [0, 0.1) is 5.82 Å². The highest BCUT2D eigenvalue weighted by Crippen LogP contribution is 2.21. The zero-order chi connectivity index (χ0) is 11.7. The minimum absolute atomic E-state index is 0.135. The zero-order valence-electron chi connectivity index (χ0n) is 9.08. The third-order valence-electron chi connectivity index (χ3n) is 2.62. The molecule has 0 amide bonds. The summed E-state index contributed by atoms with van der Waals surface area (Å²) >= 11 is 0. The molecule has 3 nitrogen and oxygen atoms in total. The summed E-state index contributed by atoms with van der Waals surface area (Å²) in [7, 11) is 1.69. The van der Waals surface area contributed by atoms with Gasteiger partial charge < -0.3 is 9.73 Å². The average molecular weight is 221 g/mol. The maximum Gasteiger partial charge on any atom is 0.179 e. The van der Waals surface area contributed by atoms with Gasteiger partial charge in [-0.05, 0) is 32.2 Å². The Hall–Kier alpha value is -1.68. The number of likely N-dealkylation sites (N-methyl/N-ethyl adjacent to an activating group) is 1. The molecule has 2 rings (SSSR count). The van der Waals surface area contributed by atoms with Crippen LogP contribution in [0.25, 0.3) is 11.0 Å². The van der Waals surface area contributed by atoms with Crippen LogP contribution in [-0.4, -0.2) is 18.9 Å². The summed E-state index contributed by atoms with van der Waals surface area (Å²) < 4.78 is 18.5. The van der Waals surface area contributed by atoms with Crippen molar-refractivity contribution in [3.63, 3.8) is 0 Å². The van der Waals surface area contributed by atoms with Crippen LogP contribution < -0.4 is 5.32 Å². The summed E-state index contributed by atoms with van der Waals surface area (Å²) in [5.41, 5.74) is 0.543. The van der Waals surface area contributed by atoms with Crippen molar-refractivity contribution in [1.29, 1.82) is 0 Å². The van der Waals surface area contributed by atoms with E-state index >= 15 is 0 Å². The SMILES string of the molecule is CN[C@H](C)C(=O)c1cc(F)c2occc2c1. The first-order valence-electron chi connectivity index (χ1n) is 5.01. The lowest BCUT2D eigenvalue weighted by atomic mass is 10.0. The van der Waals surface area contributed by atoms with Gasteiger partial charge in [-0.3, -0.25) is 4.79 Å². The normalized spacial score (nSPS) is 12.9. The highest BCUT2D eigenvalue weighted by Gasteiger charge is 2.16. The minimum atomic E-state index is -0.505. The zero-order valence-corrected chi connectivity index (χ0v) is 9.08. The Balaban J connectivity index is 2.49. The van der Waals surface area contributed by atoms with Crippen LogP contribution in [0.5, 0.6) is 0 Å². The van der Waals surface area contributed by atoms with Gasteiger partial charge in [0.1, 0.15) is 0 Å². The molecule has 0 radical (unpaired) electrons. The predicted octanol–water partition coefficient (Wildman–Crippen LogP) is 2.36. The quantitative estimate of drug-likeness (QED) is 0.809. The fourth-order valence-corrected chi connectivity index (χ4v) is 1.56. The molecule has 0 spiro atoms. The van der Waals surface area contributed by atoms with Crippen molar-refractivity contribution in [2.24, 2.45) is 0 Å². The number of Topliss-reactive ketones (excluding diaryl/α,β-unsaturated/α-hetero) is 1. The second-order valence-corrected chi connectivity index (χ2v) is 3.67. The van der Waals surface area contributed by atoms with Crippen LogP contribution in [0.1, 0.15) is 17.3 Å². The number of furan rings is 1. The van der Waals surface area contributed by atoms with E-state index in [4.69, 9.17) is 4.42 Å². The molecule has 0 saturated heterocycles. The Morgan fingerprint density at radius 2 is 2.25 bits per heavy atom. The van der Waals surface area contributed by atoms with Crippen molar-refractivity contribution >= 4 is 16.8 Å². The van der Waals surface area contributed by atoms with Gasteiger partial charge in [-0.2, -0.15) is 0 Å². The molecule has 4 heteroatoms. The smallest absolute Gasteiger partial charge is 0.179 e. The van der Waals surface area contributed by atoms with Crippen LogP contribution in [0.15, 0.2) is 28.9 Å². The Bertz CT molecular complexity index is 533. The van der Waals surface area contributed by atoms with Crippen molar-refractivity contribution in [3.8, 4) is 0 Å². The second-order valence-electron chi connectivity index (χ2n) is 3.67. The first kappa shape index (κ1) is 10.8. The first-order chi connectivity index (χ1) is 7.63. The number of benzene rings is 1. The third kappa shape index (κ3) is 1.72. The van der Waals surface area contributed by atoms with E-state index in [9.17, 15) is 9.18 Å². The second kappa shape index (κ2) is 4.06. The predicted molar refractivity (Wildman–Crippen MR) is 59.0 cm³/mol. The summed E-state index contributed by atoms with van der Waals surface area (Å²) in [6.45, 7) is 1.74. The molecule has 1 N–H and O–H groups in total. The molecule has 1 heterocycles. The summed E-state index contributed by atoms with van der Waals surface area (Å²) in [5.74, 6) is -0.640. The van der Waals surface area contributed by atoms with Gasteiger partial charge in [-0.1, -0.05) is 0 Å². The Morgan fingerprint density at radius 3 is 2.94 bits per heavy atom. The van der Waals surface area contributed by atoms with E-state index < -0.39 is 5.82 Å². The molecule has 1 aromatic carbocycles. The van der Waals surface area contributed by atoms with Gasteiger partial charge >= 0.3 is 0 Å². The van der Waals surface area contributed by atoms with E-state index in [1.165, 1.54) is 12.3 Å². The van der Waals surface area contributed by atoms with E-state index in [0.29, 0.717) is 10.9 Å². The number of fused-ring (bicyclic) bond motifs is 1. The maximum absolute atomic E-state index is 13.5. The largest absolute Gasteiger partial charge is 0.461 e. The summed E-state index contributed by atoms with van der Waals surface area (Å²) in [6, 6.07) is 4.16. The monoisotopic (exact) mass is 221 g/mol. The summed E-state index contributed by atoms with van der Waals surface area (Å²) in [4.78, 5) is 11.8. The van der Waals surface area contributed by atoms with Crippen LogP contribution in [0.2, 0.25) is 0 Å². The van der Waals surface area contributed by atoms with Crippen LogP contribution >= 0.6 is 0 Å². The highest BCUT2D eigenvalue weighted by atomic mass is 19.1. The van der Waals surface area contributed by atoms with Crippen molar-refractivity contribution in [1.82, 2.24) is 5.32 Å². The Morgan fingerprint density at radius 1 is 1.50 bits per heavy atom. The van der Waals surface area contributed by atoms with Gasteiger partial charge in [0.15, 0.2) is 17.2 Å². The fraction of sp³-hybridized carbons (Fsp3) is 0.250. The van der Waals surface area contributed by atoms with E-state index in [1.807, 2.05) is 0 Å². The maximum atomic E-state index is 13.5. The number of carbonyl (C=O) groups excluding carboxylic acids is 1. The van der Waals surface area contributed by atoms with Gasteiger partial charge in [0, 0.05) is 10.9 Å². The number of halogens is 1. The van der Waals surface area contributed by atoms with Crippen LogP contribution in [-0.2, 0) is 0 Å². The molecule has 0 aliphatic heterocycles. The van der Waals surface area contributed by atoms with E-state index in [1.54, 1.807) is 26.1 Å². The number of hydrogen-bond donors (Lipinski definition) is 1. The molecule has 0 aliphatic carbocycles.